The Bertz CT molecular complexity index is 978. The van der Waals surface area contributed by atoms with Gasteiger partial charge in [-0.1, -0.05) is 51.8 Å². The predicted molar refractivity (Wildman–Crippen MR) is 134 cm³/mol. The lowest BCUT2D eigenvalue weighted by Gasteiger charge is -2.62. The van der Waals surface area contributed by atoms with Crippen molar-refractivity contribution in [2.45, 2.75) is 105 Å². The molecule has 0 amide bonds. The molecule has 0 saturated heterocycles. The van der Waals surface area contributed by atoms with E-state index >= 15 is 0 Å². The van der Waals surface area contributed by atoms with Gasteiger partial charge in [0.25, 0.3) is 0 Å². The highest BCUT2D eigenvalue weighted by atomic mass is 16.4. The number of aliphatic carboxylic acids is 2. The van der Waals surface area contributed by atoms with Crippen molar-refractivity contribution in [2.24, 2.45) is 39.4 Å². The Morgan fingerprint density at radius 2 is 1.63 bits per heavy atom. The number of aliphatic hydroxyl groups excluding tert-OH is 2. The number of fused-ring (bicyclic) bond motifs is 4. The number of hydrogen-bond acceptors (Lipinski definition) is 4. The van der Waals surface area contributed by atoms with Gasteiger partial charge in [0.15, 0.2) is 0 Å². The molecule has 1 unspecified atom stereocenters. The lowest BCUT2D eigenvalue weighted by molar-refractivity contribution is -0.146. The van der Waals surface area contributed by atoms with E-state index in [0.717, 1.165) is 38.5 Å². The molecule has 0 heterocycles. The minimum absolute atomic E-state index is 0.00794. The van der Waals surface area contributed by atoms with Crippen LogP contribution < -0.4 is 0 Å². The first-order valence-corrected chi connectivity index (χ1v) is 13.3. The van der Waals surface area contributed by atoms with E-state index in [4.69, 9.17) is 0 Å². The Morgan fingerprint density at radius 1 is 0.971 bits per heavy atom. The smallest absolute Gasteiger partial charge is 0.330 e. The molecule has 0 aromatic rings. The van der Waals surface area contributed by atoms with Crippen LogP contribution in [0.25, 0.3) is 0 Å². The molecule has 0 aliphatic heterocycles. The van der Waals surface area contributed by atoms with Gasteiger partial charge in [0.05, 0.1) is 18.1 Å². The molecule has 4 rings (SSSR count). The number of carboxylic acids is 2. The maximum absolute atomic E-state index is 12.4. The van der Waals surface area contributed by atoms with Crippen molar-refractivity contribution >= 4 is 11.9 Å². The van der Waals surface area contributed by atoms with E-state index in [-0.39, 0.29) is 40.3 Å². The van der Waals surface area contributed by atoms with E-state index < -0.39 is 29.4 Å². The summed E-state index contributed by atoms with van der Waals surface area (Å²) in [5, 5.41) is 41.8. The number of carboxylic acid groups (broad SMARTS) is 2. The summed E-state index contributed by atoms with van der Waals surface area (Å²) in [6.07, 6.45) is 6.50. The van der Waals surface area contributed by atoms with Gasteiger partial charge in [-0.3, -0.25) is 4.79 Å². The summed E-state index contributed by atoms with van der Waals surface area (Å²) in [7, 11) is 0. The molecular weight excluding hydrogens is 444 g/mol. The third-order valence-corrected chi connectivity index (χ3v) is 11.7. The molecule has 2 saturated carbocycles. The minimum Gasteiger partial charge on any atom is -0.481 e. The Balaban J connectivity index is 1.75. The molecule has 2 fully saturated rings. The van der Waals surface area contributed by atoms with Crippen molar-refractivity contribution in [3.63, 3.8) is 0 Å². The number of hydrogen-bond donors (Lipinski definition) is 4. The van der Waals surface area contributed by atoms with Gasteiger partial charge in [0.2, 0.25) is 0 Å². The van der Waals surface area contributed by atoms with E-state index in [1.807, 2.05) is 0 Å². The molecule has 0 radical (unpaired) electrons. The Morgan fingerprint density at radius 3 is 2.23 bits per heavy atom. The summed E-state index contributed by atoms with van der Waals surface area (Å²) in [6, 6.07) is 0. The SMILES string of the molecule is C/C(=C\C[C@@H](C(=O)O)C1C[C@H](O)[C@@]2(C)C3=C(CC[C@]12C)[C@@]1(C)CC[C@H](O)C(C)(C)[C@@H]1CC3)C(=O)O. The van der Waals surface area contributed by atoms with Crippen molar-refractivity contribution in [3.05, 3.63) is 22.8 Å². The Kier molecular flexibility index (Phi) is 6.37. The van der Waals surface area contributed by atoms with E-state index in [9.17, 15) is 30.0 Å². The fraction of sp³-hybridized carbons (Fsp3) is 0.793. The van der Waals surface area contributed by atoms with Gasteiger partial charge in [0.1, 0.15) is 0 Å². The first-order chi connectivity index (χ1) is 16.1. The van der Waals surface area contributed by atoms with Crippen LogP contribution in [0.5, 0.6) is 0 Å². The summed E-state index contributed by atoms with van der Waals surface area (Å²) in [6.45, 7) is 12.6. The molecule has 0 aromatic heterocycles. The van der Waals surface area contributed by atoms with Crippen LogP contribution in [0.4, 0.5) is 0 Å². The van der Waals surface area contributed by atoms with E-state index in [0.29, 0.717) is 12.3 Å². The predicted octanol–water partition coefficient (Wildman–Crippen LogP) is 5.19. The van der Waals surface area contributed by atoms with Crippen molar-refractivity contribution in [2.75, 3.05) is 0 Å². The third-order valence-electron chi connectivity index (χ3n) is 11.7. The average molecular weight is 489 g/mol. The Labute approximate surface area is 209 Å². The summed E-state index contributed by atoms with van der Waals surface area (Å²) >= 11 is 0. The topological polar surface area (TPSA) is 115 Å². The Hall–Kier alpha value is -1.66. The number of carbonyl (C=O) groups is 2. The highest BCUT2D eigenvalue weighted by Gasteiger charge is 2.67. The fourth-order valence-electron chi connectivity index (χ4n) is 9.20. The van der Waals surface area contributed by atoms with Crippen LogP contribution in [0, 0.1) is 39.4 Å². The molecule has 196 valence electrons. The van der Waals surface area contributed by atoms with Crippen molar-refractivity contribution in [1.29, 1.82) is 0 Å². The van der Waals surface area contributed by atoms with Gasteiger partial charge in [-0.25, -0.2) is 4.79 Å². The standard InChI is InChI=1S/C29H44O6/c1-16(24(32)33)7-8-17(25(34)35)20-15-23(31)29(6)19-9-10-21-26(2,3)22(30)12-13-27(21,4)18(19)11-14-28(20,29)5/h7,17,20-23,30-31H,8-15H2,1-6H3,(H,32,33)(H,34,35)/b16-7+/t17-,20?,21+,22+,23+,27-,28-,29-/m1/s1. The van der Waals surface area contributed by atoms with Crippen molar-refractivity contribution < 1.29 is 30.0 Å². The van der Waals surface area contributed by atoms with Crippen LogP contribution in [0.2, 0.25) is 0 Å². The number of rotatable bonds is 5. The van der Waals surface area contributed by atoms with Crippen LogP contribution >= 0.6 is 0 Å². The zero-order chi connectivity index (χ0) is 26.1. The molecule has 35 heavy (non-hydrogen) atoms. The van der Waals surface area contributed by atoms with Crippen LogP contribution in [-0.4, -0.2) is 44.6 Å². The summed E-state index contributed by atoms with van der Waals surface area (Å²) in [4.78, 5) is 23.7. The number of aliphatic hydroxyl groups is 2. The maximum atomic E-state index is 12.4. The largest absolute Gasteiger partial charge is 0.481 e. The lowest BCUT2D eigenvalue weighted by Crippen LogP contribution is -2.56. The quantitative estimate of drug-likeness (QED) is 0.313. The van der Waals surface area contributed by atoms with Gasteiger partial charge in [-0.2, -0.15) is 0 Å². The molecule has 6 nitrogen and oxygen atoms in total. The van der Waals surface area contributed by atoms with Crippen molar-refractivity contribution in [1.82, 2.24) is 0 Å². The molecule has 4 N–H and O–H groups in total. The molecule has 6 heteroatoms. The fourth-order valence-corrected chi connectivity index (χ4v) is 9.20. The lowest BCUT2D eigenvalue weighted by atomic mass is 9.43. The van der Waals surface area contributed by atoms with Gasteiger partial charge in [-0.15, -0.1) is 0 Å². The zero-order valence-electron chi connectivity index (χ0n) is 22.2. The highest BCUT2D eigenvalue weighted by molar-refractivity contribution is 5.85. The first kappa shape index (κ1) is 26.4. The average Bonchev–Trinajstić information content (AvgIpc) is 2.98. The van der Waals surface area contributed by atoms with Gasteiger partial charge >= 0.3 is 11.9 Å². The molecule has 0 spiro atoms. The maximum Gasteiger partial charge on any atom is 0.330 e. The molecule has 4 aliphatic rings. The van der Waals surface area contributed by atoms with Crippen LogP contribution in [0.15, 0.2) is 22.8 Å². The molecular formula is C29H44O6. The molecule has 0 aromatic carbocycles. The third kappa shape index (κ3) is 3.57. The number of allylic oxidation sites excluding steroid dienone is 2. The first-order valence-electron chi connectivity index (χ1n) is 13.3. The second-order valence-corrected chi connectivity index (χ2v) is 13.2. The molecule has 4 aliphatic carbocycles. The molecule has 0 bridgehead atoms. The van der Waals surface area contributed by atoms with Crippen LogP contribution in [0.1, 0.15) is 92.9 Å². The minimum atomic E-state index is -1.03. The zero-order valence-corrected chi connectivity index (χ0v) is 22.2. The monoisotopic (exact) mass is 488 g/mol. The van der Waals surface area contributed by atoms with Gasteiger partial charge in [0, 0.05) is 11.0 Å². The normalized spacial score (nSPS) is 43.7. The molecule has 8 atom stereocenters. The second kappa shape index (κ2) is 8.44. The van der Waals surface area contributed by atoms with E-state index in [2.05, 4.69) is 34.6 Å². The summed E-state index contributed by atoms with van der Waals surface area (Å²) < 4.78 is 0. The van der Waals surface area contributed by atoms with E-state index in [1.165, 1.54) is 24.1 Å². The van der Waals surface area contributed by atoms with E-state index in [1.54, 1.807) is 0 Å². The van der Waals surface area contributed by atoms with Crippen LogP contribution in [-0.2, 0) is 9.59 Å². The van der Waals surface area contributed by atoms with Crippen molar-refractivity contribution in [3.8, 4) is 0 Å². The second-order valence-electron chi connectivity index (χ2n) is 13.2. The summed E-state index contributed by atoms with van der Waals surface area (Å²) in [5.74, 6) is -2.53. The highest BCUT2D eigenvalue weighted by Crippen LogP contribution is 2.72. The van der Waals surface area contributed by atoms with Crippen LogP contribution in [0.3, 0.4) is 0 Å². The van der Waals surface area contributed by atoms with Gasteiger partial charge in [-0.05, 0) is 86.4 Å². The van der Waals surface area contributed by atoms with Gasteiger partial charge < -0.3 is 20.4 Å². The summed E-state index contributed by atoms with van der Waals surface area (Å²) in [5.41, 5.74) is 1.91.